The van der Waals surface area contributed by atoms with Crippen LogP contribution < -0.4 is 15.7 Å². The number of para-hydroxylation sites is 1. The molecule has 0 saturated heterocycles. The largest absolute Gasteiger partial charge is 0.455 e. The summed E-state index contributed by atoms with van der Waals surface area (Å²) < 4.78 is 12.5. The Labute approximate surface area is 375 Å². The highest BCUT2D eigenvalue weighted by atomic mass is 32.1. The van der Waals surface area contributed by atoms with Crippen LogP contribution in [0, 0.1) is 0 Å². The summed E-state index contributed by atoms with van der Waals surface area (Å²) in [6.45, 7) is 27.8. The van der Waals surface area contributed by atoms with Crippen LogP contribution in [0.15, 0.2) is 120 Å². The van der Waals surface area contributed by atoms with Crippen LogP contribution in [0.2, 0.25) is 0 Å². The van der Waals surface area contributed by atoms with Crippen molar-refractivity contribution in [1.29, 1.82) is 0 Å². The molecular formula is C58H55BN2OS. The van der Waals surface area contributed by atoms with Crippen molar-refractivity contribution in [3.05, 3.63) is 138 Å². The number of aromatic nitrogens is 1. The Hall–Kier alpha value is -5.78. The van der Waals surface area contributed by atoms with E-state index in [1.807, 2.05) is 11.3 Å². The fourth-order valence-electron chi connectivity index (χ4n) is 10.9. The average molecular weight is 839 g/mol. The molecular weight excluding hydrogens is 784 g/mol. The normalized spacial score (nSPS) is 14.3. The predicted octanol–water partition coefficient (Wildman–Crippen LogP) is 15.5. The Morgan fingerprint density at radius 3 is 1.84 bits per heavy atom. The summed E-state index contributed by atoms with van der Waals surface area (Å²) in [6, 6.07) is 45.0. The number of rotatable bonds is 1. The number of anilines is 2. The third kappa shape index (κ3) is 5.45. The second-order valence-corrected chi connectivity index (χ2v) is 23.7. The predicted molar refractivity (Wildman–Crippen MR) is 275 cm³/mol. The fraction of sp³-hybridized carbons (Fsp3) is 0.276. The van der Waals surface area contributed by atoms with Crippen molar-refractivity contribution in [2.45, 2.75) is 105 Å². The summed E-state index contributed by atoms with van der Waals surface area (Å²) in [6.07, 6.45) is 0. The molecule has 10 aromatic rings. The van der Waals surface area contributed by atoms with Crippen LogP contribution in [-0.4, -0.2) is 11.4 Å². The maximum Gasteiger partial charge on any atom is 0.333 e. The van der Waals surface area contributed by atoms with Gasteiger partial charge in [0.2, 0.25) is 0 Å². The Bertz CT molecular complexity index is 3610. The third-order valence-corrected chi connectivity index (χ3v) is 15.5. The van der Waals surface area contributed by atoms with E-state index in [0.29, 0.717) is 0 Å². The Morgan fingerprint density at radius 1 is 0.508 bits per heavy atom. The van der Waals surface area contributed by atoms with Gasteiger partial charge in [-0.1, -0.05) is 144 Å². The number of benzene rings is 7. The molecule has 312 valence electrons. The van der Waals surface area contributed by atoms with Gasteiger partial charge in [0.15, 0.2) is 0 Å². The van der Waals surface area contributed by atoms with Crippen LogP contribution in [0.4, 0.5) is 11.4 Å². The SMILES string of the molecule is CC(C)(C)c1ccc(N2B3c4cc(C(C)(C)C)ccc4-n4c5ccc(C(C)(C)C)cc5c5c6oc7ccccc7c6c(c3c54)-c3cc4sc5cc(C(C)(C)C)ccc5c4cc32)cc1. The van der Waals surface area contributed by atoms with Crippen molar-refractivity contribution >= 4 is 104 Å². The number of nitrogens with zero attached hydrogens (tertiary/aromatic N) is 2. The molecule has 3 nitrogen and oxygen atoms in total. The molecule has 0 unspecified atom stereocenters. The van der Waals surface area contributed by atoms with Crippen molar-refractivity contribution in [3.8, 4) is 16.8 Å². The summed E-state index contributed by atoms with van der Waals surface area (Å²) in [5.41, 5.74) is 18.7. The molecule has 5 heteroatoms. The van der Waals surface area contributed by atoms with E-state index in [1.54, 1.807) is 0 Å². The molecule has 0 spiro atoms. The van der Waals surface area contributed by atoms with E-state index in [9.17, 15) is 0 Å². The molecule has 0 saturated carbocycles. The minimum Gasteiger partial charge on any atom is -0.455 e. The fourth-order valence-corrected chi connectivity index (χ4v) is 12.0. The van der Waals surface area contributed by atoms with Gasteiger partial charge in [0, 0.05) is 59.0 Å². The molecule has 5 heterocycles. The van der Waals surface area contributed by atoms with Crippen molar-refractivity contribution < 1.29 is 4.42 Å². The first-order chi connectivity index (χ1) is 29.8. The molecule has 0 atom stereocenters. The second-order valence-electron chi connectivity index (χ2n) is 22.7. The number of thiophene rings is 1. The van der Waals surface area contributed by atoms with E-state index in [1.165, 1.54) is 114 Å². The van der Waals surface area contributed by atoms with Gasteiger partial charge in [-0.2, -0.15) is 0 Å². The number of hydrogen-bond acceptors (Lipinski definition) is 3. The van der Waals surface area contributed by atoms with Crippen LogP contribution in [0.1, 0.15) is 105 Å². The van der Waals surface area contributed by atoms with E-state index < -0.39 is 0 Å². The molecule has 0 amide bonds. The van der Waals surface area contributed by atoms with Crippen molar-refractivity contribution in [3.63, 3.8) is 0 Å². The Morgan fingerprint density at radius 2 is 1.13 bits per heavy atom. The Balaban J connectivity index is 1.32. The van der Waals surface area contributed by atoms with Gasteiger partial charge in [-0.3, -0.25) is 0 Å². The molecule has 12 rings (SSSR count). The Kier molecular flexibility index (Phi) is 7.70. The minimum atomic E-state index is -0.111. The molecule has 2 aliphatic heterocycles. The second kappa shape index (κ2) is 12.5. The average Bonchev–Trinajstić information content (AvgIpc) is 3.90. The summed E-state index contributed by atoms with van der Waals surface area (Å²) in [5, 5.41) is 7.47. The van der Waals surface area contributed by atoms with Gasteiger partial charge in [-0.25, -0.2) is 0 Å². The van der Waals surface area contributed by atoms with Gasteiger partial charge in [0.25, 0.3) is 0 Å². The van der Waals surface area contributed by atoms with E-state index in [2.05, 4.69) is 208 Å². The molecule has 2 aliphatic rings. The van der Waals surface area contributed by atoms with Gasteiger partial charge in [-0.05, 0) is 115 Å². The first kappa shape index (κ1) is 38.9. The van der Waals surface area contributed by atoms with Gasteiger partial charge < -0.3 is 13.8 Å². The maximum atomic E-state index is 7.22. The minimum absolute atomic E-state index is 0.0235. The van der Waals surface area contributed by atoms with Crippen LogP contribution >= 0.6 is 11.3 Å². The molecule has 63 heavy (non-hydrogen) atoms. The summed E-state index contributed by atoms with van der Waals surface area (Å²) in [5.74, 6) is 0. The highest BCUT2D eigenvalue weighted by Gasteiger charge is 2.46. The van der Waals surface area contributed by atoms with Crippen molar-refractivity contribution in [2.75, 3.05) is 4.81 Å². The van der Waals surface area contributed by atoms with Crippen LogP contribution in [0.5, 0.6) is 0 Å². The molecule has 0 radical (unpaired) electrons. The van der Waals surface area contributed by atoms with E-state index in [0.717, 1.165) is 11.2 Å². The zero-order chi connectivity index (χ0) is 43.9. The topological polar surface area (TPSA) is 21.3 Å². The smallest absolute Gasteiger partial charge is 0.333 e. The van der Waals surface area contributed by atoms with Gasteiger partial charge >= 0.3 is 6.85 Å². The van der Waals surface area contributed by atoms with Gasteiger partial charge in [-0.15, -0.1) is 11.3 Å². The van der Waals surface area contributed by atoms with Crippen molar-refractivity contribution in [2.24, 2.45) is 0 Å². The molecule has 7 aromatic carbocycles. The molecule has 0 aliphatic carbocycles. The lowest BCUT2D eigenvalue weighted by atomic mass is 9.43. The number of hydrogen-bond donors (Lipinski definition) is 0. The lowest BCUT2D eigenvalue weighted by Gasteiger charge is -2.42. The van der Waals surface area contributed by atoms with Crippen LogP contribution in [0.3, 0.4) is 0 Å². The molecule has 0 fully saturated rings. The standard InChI is InChI=1S/C58H55BN2OS/c1-55(2,3)32-17-22-36(23-18-32)61-45-30-39-37-24-19-35(58(10,11)12)29-47(37)63-48(39)31-41(45)49-50-38-15-13-14-16-46(38)62-54(50)51-40-27-33(56(4,5)6)20-25-43(40)60-44-26-21-34(57(7,8)9)28-42(44)59(61)52(49)53(51)60/h13-31H,1-12H3. The first-order valence-electron chi connectivity index (χ1n) is 22.8. The zero-order valence-electron chi connectivity index (χ0n) is 38.8. The third-order valence-electron chi connectivity index (χ3n) is 14.4. The number of fused-ring (bicyclic) bond motifs is 16. The lowest BCUT2D eigenvalue weighted by molar-refractivity contribution is 0.590. The zero-order valence-corrected chi connectivity index (χ0v) is 39.6. The monoisotopic (exact) mass is 838 g/mol. The van der Waals surface area contributed by atoms with Crippen molar-refractivity contribution in [1.82, 2.24) is 4.57 Å². The highest BCUT2D eigenvalue weighted by molar-refractivity contribution is 7.25. The highest BCUT2D eigenvalue weighted by Crippen LogP contribution is 2.53. The summed E-state index contributed by atoms with van der Waals surface area (Å²) >= 11 is 1.93. The first-order valence-corrected chi connectivity index (χ1v) is 23.6. The van der Waals surface area contributed by atoms with E-state index in [4.69, 9.17) is 4.42 Å². The maximum absolute atomic E-state index is 7.22. The summed E-state index contributed by atoms with van der Waals surface area (Å²) in [7, 11) is 0. The lowest BCUT2D eigenvalue weighted by Crippen LogP contribution is -2.60. The molecule has 0 bridgehead atoms. The van der Waals surface area contributed by atoms with Crippen LogP contribution in [0.25, 0.3) is 80.7 Å². The number of furan rings is 1. The van der Waals surface area contributed by atoms with E-state index >= 15 is 0 Å². The van der Waals surface area contributed by atoms with E-state index in [-0.39, 0.29) is 28.5 Å². The van der Waals surface area contributed by atoms with Gasteiger partial charge in [0.1, 0.15) is 11.2 Å². The van der Waals surface area contributed by atoms with Crippen LogP contribution in [-0.2, 0) is 21.7 Å². The van der Waals surface area contributed by atoms with Gasteiger partial charge in [0.05, 0.1) is 16.4 Å². The molecule has 3 aromatic heterocycles. The molecule has 0 N–H and O–H groups in total. The quantitative estimate of drug-likeness (QED) is 0.154. The summed E-state index contributed by atoms with van der Waals surface area (Å²) in [4.78, 5) is 2.71.